The van der Waals surface area contributed by atoms with Crippen LogP contribution in [0.15, 0.2) is 35.2 Å². The van der Waals surface area contributed by atoms with Gasteiger partial charge in [-0.2, -0.15) is 0 Å². The standard InChI is InChI=1S/C11H12S/c1-2-3-7-10-12-11-8-5-4-6-9-11/h4-6,8-9H,2-3H2,1H3. The van der Waals surface area contributed by atoms with Crippen LogP contribution in [-0.2, 0) is 0 Å². The van der Waals surface area contributed by atoms with Crippen molar-refractivity contribution in [2.45, 2.75) is 24.7 Å². The van der Waals surface area contributed by atoms with E-state index in [2.05, 4.69) is 30.2 Å². The number of thioether (sulfide) groups is 1. The van der Waals surface area contributed by atoms with Gasteiger partial charge < -0.3 is 0 Å². The zero-order valence-electron chi connectivity index (χ0n) is 7.21. The van der Waals surface area contributed by atoms with Gasteiger partial charge in [-0.3, -0.25) is 0 Å². The van der Waals surface area contributed by atoms with Gasteiger partial charge in [0.15, 0.2) is 0 Å². The van der Waals surface area contributed by atoms with E-state index >= 15 is 0 Å². The molecular formula is C11H12S. The monoisotopic (exact) mass is 176 g/mol. The van der Waals surface area contributed by atoms with E-state index in [0.29, 0.717) is 0 Å². The Morgan fingerprint density at radius 3 is 2.67 bits per heavy atom. The molecule has 1 aromatic carbocycles. The van der Waals surface area contributed by atoms with Crippen LogP contribution < -0.4 is 0 Å². The van der Waals surface area contributed by atoms with E-state index in [1.807, 2.05) is 18.2 Å². The van der Waals surface area contributed by atoms with Gasteiger partial charge in [-0.15, -0.1) is 0 Å². The molecule has 1 aromatic rings. The van der Waals surface area contributed by atoms with Crippen molar-refractivity contribution in [3.63, 3.8) is 0 Å². The molecule has 0 aliphatic heterocycles. The van der Waals surface area contributed by atoms with Crippen LogP contribution in [0.25, 0.3) is 0 Å². The molecule has 1 heteroatoms. The van der Waals surface area contributed by atoms with Gasteiger partial charge >= 0.3 is 0 Å². The van der Waals surface area contributed by atoms with Gasteiger partial charge in [-0.05, 0) is 35.6 Å². The van der Waals surface area contributed by atoms with Gasteiger partial charge in [-0.1, -0.05) is 31.0 Å². The molecule has 0 spiro atoms. The summed E-state index contributed by atoms with van der Waals surface area (Å²) in [7, 11) is 0. The Labute approximate surface area is 78.4 Å². The summed E-state index contributed by atoms with van der Waals surface area (Å²) in [5.74, 6) is 3.10. The molecule has 0 bridgehead atoms. The molecule has 0 saturated heterocycles. The Morgan fingerprint density at radius 2 is 2.00 bits per heavy atom. The van der Waals surface area contributed by atoms with E-state index in [9.17, 15) is 0 Å². The van der Waals surface area contributed by atoms with E-state index in [1.165, 1.54) is 4.90 Å². The molecule has 12 heavy (non-hydrogen) atoms. The van der Waals surface area contributed by atoms with E-state index < -0.39 is 0 Å². The average molecular weight is 176 g/mol. The molecule has 0 saturated carbocycles. The van der Waals surface area contributed by atoms with Gasteiger partial charge in [0.2, 0.25) is 0 Å². The van der Waals surface area contributed by atoms with Crippen LogP contribution in [0.5, 0.6) is 0 Å². The largest absolute Gasteiger partial charge is 0.0909 e. The second-order valence-corrected chi connectivity index (χ2v) is 3.32. The molecule has 1 rings (SSSR count). The highest BCUT2D eigenvalue weighted by Crippen LogP contribution is 2.14. The van der Waals surface area contributed by atoms with Crippen LogP contribution in [0.2, 0.25) is 0 Å². The fourth-order valence-corrected chi connectivity index (χ4v) is 1.34. The smallest absolute Gasteiger partial charge is 0.0203 e. The Balaban J connectivity index is 2.40. The molecule has 0 nitrogen and oxygen atoms in total. The summed E-state index contributed by atoms with van der Waals surface area (Å²) >= 11 is 1.60. The Bertz CT molecular complexity index is 266. The minimum Gasteiger partial charge on any atom is -0.0909 e. The van der Waals surface area contributed by atoms with Crippen molar-refractivity contribution in [1.82, 2.24) is 0 Å². The summed E-state index contributed by atoms with van der Waals surface area (Å²) < 4.78 is 0. The number of benzene rings is 1. The van der Waals surface area contributed by atoms with Crippen LogP contribution in [0.1, 0.15) is 19.8 Å². The first-order valence-electron chi connectivity index (χ1n) is 4.13. The summed E-state index contributed by atoms with van der Waals surface area (Å²) in [5.41, 5.74) is 0. The van der Waals surface area contributed by atoms with Crippen molar-refractivity contribution in [2.24, 2.45) is 0 Å². The van der Waals surface area contributed by atoms with Crippen LogP contribution in [0, 0.1) is 11.2 Å². The summed E-state index contributed by atoms with van der Waals surface area (Å²) in [6, 6.07) is 10.2. The predicted octanol–water partition coefficient (Wildman–Crippen LogP) is 3.54. The molecule has 62 valence electrons. The van der Waals surface area contributed by atoms with Gasteiger partial charge in [0.1, 0.15) is 0 Å². The molecule has 0 heterocycles. The summed E-state index contributed by atoms with van der Waals surface area (Å²) in [6.07, 6.45) is 2.14. The van der Waals surface area contributed by atoms with Crippen LogP contribution in [0.4, 0.5) is 0 Å². The van der Waals surface area contributed by atoms with Crippen LogP contribution in [-0.4, -0.2) is 0 Å². The minimum absolute atomic E-state index is 1.000. The highest BCUT2D eigenvalue weighted by atomic mass is 32.2. The number of rotatable bonds is 2. The second kappa shape index (κ2) is 5.74. The fourth-order valence-electron chi connectivity index (χ4n) is 0.760. The fraction of sp³-hybridized carbons (Fsp3) is 0.273. The summed E-state index contributed by atoms with van der Waals surface area (Å²) in [4.78, 5) is 1.22. The van der Waals surface area contributed by atoms with Gasteiger partial charge in [0.25, 0.3) is 0 Å². The van der Waals surface area contributed by atoms with Crippen molar-refractivity contribution < 1.29 is 0 Å². The van der Waals surface area contributed by atoms with Gasteiger partial charge in [-0.25, -0.2) is 0 Å². The van der Waals surface area contributed by atoms with Crippen molar-refractivity contribution >= 4 is 11.8 Å². The highest BCUT2D eigenvalue weighted by molar-refractivity contribution is 8.03. The second-order valence-electron chi connectivity index (χ2n) is 2.44. The zero-order valence-corrected chi connectivity index (χ0v) is 8.03. The maximum absolute atomic E-state index is 3.10. The normalized spacial score (nSPS) is 8.75. The minimum atomic E-state index is 1.000. The Hall–Kier alpha value is -0.870. The zero-order chi connectivity index (χ0) is 8.65. The lowest BCUT2D eigenvalue weighted by Gasteiger charge is -1.89. The lowest BCUT2D eigenvalue weighted by molar-refractivity contribution is 0.984. The van der Waals surface area contributed by atoms with Crippen molar-refractivity contribution in [1.29, 1.82) is 0 Å². The first kappa shape index (κ1) is 9.22. The third kappa shape index (κ3) is 3.50. The third-order valence-electron chi connectivity index (χ3n) is 1.36. The highest BCUT2D eigenvalue weighted by Gasteiger charge is 1.84. The van der Waals surface area contributed by atoms with Gasteiger partial charge in [0, 0.05) is 11.3 Å². The molecule has 0 fully saturated rings. The molecule has 0 unspecified atom stereocenters. The summed E-state index contributed by atoms with van der Waals surface area (Å²) in [5, 5.41) is 3.07. The van der Waals surface area contributed by atoms with E-state index in [4.69, 9.17) is 0 Å². The van der Waals surface area contributed by atoms with Crippen LogP contribution in [0.3, 0.4) is 0 Å². The molecular weight excluding hydrogens is 164 g/mol. The van der Waals surface area contributed by atoms with E-state index in [-0.39, 0.29) is 0 Å². The predicted molar refractivity (Wildman–Crippen MR) is 55.0 cm³/mol. The Morgan fingerprint density at radius 1 is 1.25 bits per heavy atom. The first-order chi connectivity index (χ1) is 5.93. The number of unbranched alkanes of at least 4 members (excludes halogenated alkanes) is 1. The average Bonchev–Trinajstić information content (AvgIpc) is 2.14. The SMILES string of the molecule is CCCC#CSc1ccccc1. The maximum Gasteiger partial charge on any atom is 0.0203 e. The van der Waals surface area contributed by atoms with Crippen LogP contribution >= 0.6 is 11.8 Å². The third-order valence-corrected chi connectivity index (χ3v) is 2.11. The molecule has 0 N–H and O–H groups in total. The van der Waals surface area contributed by atoms with E-state index in [1.54, 1.807) is 11.8 Å². The molecule has 0 aromatic heterocycles. The Kier molecular flexibility index (Phi) is 4.41. The number of hydrogen-bond acceptors (Lipinski definition) is 1. The van der Waals surface area contributed by atoms with Crippen molar-refractivity contribution in [2.75, 3.05) is 0 Å². The molecule has 0 radical (unpaired) electrons. The topological polar surface area (TPSA) is 0 Å². The lowest BCUT2D eigenvalue weighted by Crippen LogP contribution is -1.65. The summed E-state index contributed by atoms with van der Waals surface area (Å²) in [6.45, 7) is 2.14. The molecule has 0 atom stereocenters. The number of hydrogen-bond donors (Lipinski definition) is 0. The van der Waals surface area contributed by atoms with Gasteiger partial charge in [0.05, 0.1) is 0 Å². The molecule has 0 aliphatic rings. The van der Waals surface area contributed by atoms with Crippen molar-refractivity contribution in [3.8, 4) is 11.2 Å². The lowest BCUT2D eigenvalue weighted by atomic mass is 10.4. The van der Waals surface area contributed by atoms with Crippen molar-refractivity contribution in [3.05, 3.63) is 30.3 Å². The maximum atomic E-state index is 3.10. The first-order valence-corrected chi connectivity index (χ1v) is 4.95. The molecule has 0 amide bonds. The van der Waals surface area contributed by atoms with E-state index in [0.717, 1.165) is 12.8 Å². The quantitative estimate of drug-likeness (QED) is 0.490. The molecule has 0 aliphatic carbocycles.